The van der Waals surface area contributed by atoms with Crippen molar-refractivity contribution in [3.05, 3.63) is 101 Å². The minimum atomic E-state index is -0.156. The van der Waals surface area contributed by atoms with E-state index in [9.17, 15) is 4.39 Å². The molecule has 0 saturated carbocycles. The topological polar surface area (TPSA) is 44.5 Å². The summed E-state index contributed by atoms with van der Waals surface area (Å²) in [6.07, 6.45) is 14.5. The molecular weight excluding hydrogens is 497 g/mol. The molecule has 0 aliphatic heterocycles. The van der Waals surface area contributed by atoms with E-state index in [4.69, 9.17) is 15.2 Å². The summed E-state index contributed by atoms with van der Waals surface area (Å²) in [6.45, 7) is 14.9. The van der Waals surface area contributed by atoms with Crippen molar-refractivity contribution in [2.24, 2.45) is 0 Å². The van der Waals surface area contributed by atoms with E-state index in [1.165, 1.54) is 33.4 Å². The van der Waals surface area contributed by atoms with Gasteiger partial charge in [-0.1, -0.05) is 70.5 Å². The molecule has 0 heterocycles. The summed E-state index contributed by atoms with van der Waals surface area (Å²) in [6, 6.07) is 15.0. The van der Waals surface area contributed by atoms with Crippen molar-refractivity contribution in [2.45, 2.75) is 92.1 Å². The maximum atomic E-state index is 11.0. The molecule has 1 aliphatic carbocycles. The standard InChI is InChI=1S/C32H41NO2.C4H9F/c1-6-11-28(8-3)35-29-19-16-25(17-20-29)32-30(24(7-2)15-14-23(5)34-9-4)13-10-12-26-22-27(33)18-21-31(26)32;1-2-3-4-5/h7,14-22,28H,5-6,8-13,33H2,1-4H3;2-4H2,1H3/b15-14-,24-7+;. The number of halogens is 1. The van der Waals surface area contributed by atoms with Crippen LogP contribution in [0, 0.1) is 0 Å². The van der Waals surface area contributed by atoms with Gasteiger partial charge in [0.25, 0.3) is 0 Å². The molecule has 0 amide bonds. The first kappa shape index (κ1) is 32.9. The zero-order chi connectivity index (χ0) is 29.3. The molecule has 2 N–H and O–H groups in total. The highest BCUT2D eigenvalue weighted by atomic mass is 19.1. The van der Waals surface area contributed by atoms with E-state index in [1.54, 1.807) is 0 Å². The Balaban J connectivity index is 0.00000103. The van der Waals surface area contributed by atoms with E-state index in [0.29, 0.717) is 12.4 Å². The summed E-state index contributed by atoms with van der Waals surface area (Å²) in [5, 5.41) is 0. The molecule has 3 nitrogen and oxygen atoms in total. The third kappa shape index (κ3) is 10.0. The number of hydrogen-bond donors (Lipinski definition) is 1. The fourth-order valence-electron chi connectivity index (χ4n) is 4.91. The van der Waals surface area contributed by atoms with E-state index < -0.39 is 0 Å². The van der Waals surface area contributed by atoms with E-state index in [-0.39, 0.29) is 12.8 Å². The molecule has 218 valence electrons. The third-order valence-electron chi connectivity index (χ3n) is 7.01. The van der Waals surface area contributed by atoms with Gasteiger partial charge in [-0.05, 0) is 116 Å². The summed E-state index contributed by atoms with van der Waals surface area (Å²) in [4.78, 5) is 0. The molecule has 0 spiro atoms. The maximum Gasteiger partial charge on any atom is 0.119 e. The lowest BCUT2D eigenvalue weighted by molar-refractivity contribution is 0.186. The van der Waals surface area contributed by atoms with E-state index in [1.807, 2.05) is 26.0 Å². The van der Waals surface area contributed by atoms with Crippen LogP contribution in [0.25, 0.3) is 5.57 Å². The summed E-state index contributed by atoms with van der Waals surface area (Å²) in [5.41, 5.74) is 14.5. The van der Waals surface area contributed by atoms with Crippen molar-refractivity contribution in [1.82, 2.24) is 0 Å². The Morgan fingerprint density at radius 3 is 2.35 bits per heavy atom. The van der Waals surface area contributed by atoms with Crippen molar-refractivity contribution in [2.75, 3.05) is 19.0 Å². The van der Waals surface area contributed by atoms with E-state index in [0.717, 1.165) is 62.8 Å². The molecule has 40 heavy (non-hydrogen) atoms. The molecule has 0 bridgehead atoms. The molecule has 3 rings (SSSR count). The Kier molecular flexibility index (Phi) is 14.9. The van der Waals surface area contributed by atoms with Crippen LogP contribution in [0.5, 0.6) is 5.75 Å². The normalized spacial score (nSPS) is 14.2. The van der Waals surface area contributed by atoms with Crippen LogP contribution in [-0.4, -0.2) is 19.4 Å². The SMILES string of the molecule is C=C(/C=C\C(=C/C)C1=C(c2ccc(OC(CC)CCC)cc2)c2ccc(N)cc2CCC1)OCC.CCCCF. The van der Waals surface area contributed by atoms with Gasteiger partial charge in [-0.2, -0.15) is 0 Å². The second kappa shape index (κ2) is 18.1. The van der Waals surface area contributed by atoms with Gasteiger partial charge in [0.15, 0.2) is 0 Å². The quantitative estimate of drug-likeness (QED) is 0.154. The first-order valence-electron chi connectivity index (χ1n) is 15.0. The number of anilines is 1. The highest BCUT2D eigenvalue weighted by molar-refractivity contribution is 5.87. The van der Waals surface area contributed by atoms with Gasteiger partial charge in [-0.25, -0.2) is 0 Å². The van der Waals surface area contributed by atoms with Gasteiger partial charge in [-0.15, -0.1) is 0 Å². The van der Waals surface area contributed by atoms with Crippen LogP contribution in [0.2, 0.25) is 0 Å². The zero-order valence-corrected chi connectivity index (χ0v) is 25.4. The Morgan fingerprint density at radius 1 is 1.02 bits per heavy atom. The fourth-order valence-corrected chi connectivity index (χ4v) is 4.91. The van der Waals surface area contributed by atoms with Crippen molar-refractivity contribution >= 4 is 11.3 Å². The number of nitrogen functional groups attached to an aromatic ring is 1. The van der Waals surface area contributed by atoms with Gasteiger partial charge in [0.05, 0.1) is 19.4 Å². The Morgan fingerprint density at radius 2 is 1.77 bits per heavy atom. The van der Waals surface area contributed by atoms with E-state index >= 15 is 0 Å². The zero-order valence-electron chi connectivity index (χ0n) is 25.4. The number of allylic oxidation sites excluding steroid dienone is 5. The smallest absolute Gasteiger partial charge is 0.119 e. The number of fused-ring (bicyclic) bond motifs is 1. The lowest BCUT2D eigenvalue weighted by Gasteiger charge is -2.19. The van der Waals surface area contributed by atoms with Crippen LogP contribution in [0.15, 0.2) is 84.2 Å². The first-order chi connectivity index (χ1) is 19.4. The third-order valence-corrected chi connectivity index (χ3v) is 7.01. The number of unbranched alkanes of at least 4 members (excludes halogenated alkanes) is 1. The van der Waals surface area contributed by atoms with Crippen LogP contribution in [-0.2, 0) is 11.2 Å². The number of hydrogen-bond acceptors (Lipinski definition) is 3. The van der Waals surface area contributed by atoms with Gasteiger partial charge >= 0.3 is 0 Å². The van der Waals surface area contributed by atoms with Gasteiger partial charge in [0, 0.05) is 5.69 Å². The number of benzene rings is 2. The van der Waals surface area contributed by atoms with Gasteiger partial charge < -0.3 is 15.2 Å². The number of rotatable bonds is 13. The minimum absolute atomic E-state index is 0.156. The van der Waals surface area contributed by atoms with Crippen molar-refractivity contribution < 1.29 is 13.9 Å². The molecule has 1 atom stereocenters. The molecular formula is C36H50FNO2. The first-order valence-corrected chi connectivity index (χ1v) is 15.0. The fraction of sp³-hybridized carbons (Fsp3) is 0.444. The Bertz CT molecular complexity index is 1140. The summed E-state index contributed by atoms with van der Waals surface area (Å²) < 4.78 is 22.8. The molecule has 1 aliphatic rings. The average Bonchev–Trinajstić information content (AvgIpc) is 3.14. The van der Waals surface area contributed by atoms with Crippen molar-refractivity contribution in [3.8, 4) is 5.75 Å². The van der Waals surface area contributed by atoms with E-state index in [2.05, 4.69) is 75.9 Å². The highest BCUT2D eigenvalue weighted by Crippen LogP contribution is 2.39. The largest absolute Gasteiger partial charge is 0.495 e. The van der Waals surface area contributed by atoms with Crippen LogP contribution in [0.1, 0.15) is 96.3 Å². The monoisotopic (exact) mass is 547 g/mol. The second-order valence-corrected chi connectivity index (χ2v) is 10.1. The molecule has 0 radical (unpaired) electrons. The Labute approximate surface area is 242 Å². The number of ether oxygens (including phenoxy) is 2. The number of aryl methyl sites for hydroxylation is 1. The molecule has 4 heteroatoms. The van der Waals surface area contributed by atoms with Crippen molar-refractivity contribution in [1.29, 1.82) is 0 Å². The lowest BCUT2D eigenvalue weighted by atomic mass is 9.87. The lowest BCUT2D eigenvalue weighted by Crippen LogP contribution is -2.14. The summed E-state index contributed by atoms with van der Waals surface area (Å²) >= 11 is 0. The number of nitrogens with two attached hydrogens (primary N) is 1. The summed E-state index contributed by atoms with van der Waals surface area (Å²) in [5.74, 6) is 1.61. The molecule has 0 fully saturated rings. The van der Waals surface area contributed by atoms with Crippen LogP contribution < -0.4 is 10.5 Å². The van der Waals surface area contributed by atoms with Crippen LogP contribution >= 0.6 is 0 Å². The van der Waals surface area contributed by atoms with Crippen molar-refractivity contribution in [3.63, 3.8) is 0 Å². The average molecular weight is 548 g/mol. The Hall–Kier alpha value is -3.27. The summed E-state index contributed by atoms with van der Waals surface area (Å²) in [7, 11) is 0. The van der Waals surface area contributed by atoms with Gasteiger partial charge in [-0.3, -0.25) is 4.39 Å². The van der Waals surface area contributed by atoms with Gasteiger partial charge in [0.2, 0.25) is 0 Å². The molecule has 2 aromatic carbocycles. The maximum absolute atomic E-state index is 11.0. The van der Waals surface area contributed by atoms with Crippen LogP contribution in [0.4, 0.5) is 10.1 Å². The molecule has 0 saturated heterocycles. The highest BCUT2D eigenvalue weighted by Gasteiger charge is 2.21. The molecule has 1 unspecified atom stereocenters. The number of alkyl halides is 1. The molecule has 0 aromatic heterocycles. The second-order valence-electron chi connectivity index (χ2n) is 10.1. The molecule has 2 aromatic rings. The predicted octanol–water partition coefficient (Wildman–Crippen LogP) is 10.2. The van der Waals surface area contributed by atoms with Crippen LogP contribution in [0.3, 0.4) is 0 Å². The van der Waals surface area contributed by atoms with Gasteiger partial charge in [0.1, 0.15) is 11.5 Å². The minimum Gasteiger partial charge on any atom is -0.495 e. The predicted molar refractivity (Wildman–Crippen MR) is 170 cm³/mol.